The van der Waals surface area contributed by atoms with Crippen LogP contribution in [0.25, 0.3) is 6.08 Å². The average Bonchev–Trinajstić information content (AvgIpc) is 2.21. The summed E-state index contributed by atoms with van der Waals surface area (Å²) in [6.45, 7) is 0. The second-order valence-corrected chi connectivity index (χ2v) is 4.96. The Morgan fingerprint density at radius 2 is 1.92 bits per heavy atom. The third-order valence-corrected chi connectivity index (χ3v) is 3.82. The topological polar surface area (TPSA) is 0 Å². The molecule has 1 heterocycles. The van der Waals surface area contributed by atoms with Crippen LogP contribution in [0.5, 0.6) is 0 Å². The number of hydrogen-bond acceptors (Lipinski definition) is 0. The second kappa shape index (κ2) is 4.58. The molecule has 2 rings (SSSR count). The van der Waals surface area contributed by atoms with Crippen LogP contribution in [0, 0.1) is 0 Å². The van der Waals surface area contributed by atoms with Gasteiger partial charge in [-0.25, -0.2) is 0 Å². The van der Waals surface area contributed by atoms with Crippen molar-refractivity contribution in [2.24, 2.45) is 0 Å². The Morgan fingerprint density at radius 3 is 2.62 bits per heavy atom. The van der Waals surface area contributed by atoms with Gasteiger partial charge in [-0.2, -0.15) is 0 Å². The standard InChI is InChI=1S/C12H15P/c1-2-6-11(7-3-1)10-12-8-4-5-9-13-12/h1-3,6-7,10,13H,4-5,8-9H2/b12-10+. The number of hydrogen-bond donors (Lipinski definition) is 0. The van der Waals surface area contributed by atoms with Crippen molar-refractivity contribution < 1.29 is 0 Å². The van der Waals surface area contributed by atoms with E-state index in [1.54, 1.807) is 5.31 Å². The Hall–Kier alpha value is -0.610. The van der Waals surface area contributed by atoms with Gasteiger partial charge in [0.1, 0.15) is 0 Å². The van der Waals surface area contributed by atoms with Gasteiger partial charge in [0.15, 0.2) is 0 Å². The fourth-order valence-electron chi connectivity index (χ4n) is 1.65. The summed E-state index contributed by atoms with van der Waals surface area (Å²) in [5.41, 5.74) is 1.37. The van der Waals surface area contributed by atoms with E-state index in [-0.39, 0.29) is 0 Å². The molecule has 1 saturated heterocycles. The van der Waals surface area contributed by atoms with Crippen LogP contribution in [0.15, 0.2) is 35.6 Å². The van der Waals surface area contributed by atoms with E-state index < -0.39 is 0 Å². The molecule has 1 unspecified atom stereocenters. The van der Waals surface area contributed by atoms with E-state index in [4.69, 9.17) is 0 Å². The predicted molar refractivity (Wildman–Crippen MR) is 61.5 cm³/mol. The zero-order chi connectivity index (χ0) is 8.93. The fourth-order valence-corrected chi connectivity index (χ4v) is 3.02. The molecule has 13 heavy (non-hydrogen) atoms. The monoisotopic (exact) mass is 190 g/mol. The van der Waals surface area contributed by atoms with Gasteiger partial charge < -0.3 is 0 Å². The van der Waals surface area contributed by atoms with Gasteiger partial charge in [0, 0.05) is 0 Å². The van der Waals surface area contributed by atoms with Gasteiger partial charge in [-0.05, 0) is 36.3 Å². The smallest absolute Gasteiger partial charge is 0.0254 e. The van der Waals surface area contributed by atoms with Crippen molar-refractivity contribution in [1.29, 1.82) is 0 Å². The molecule has 1 aliphatic heterocycles. The zero-order valence-electron chi connectivity index (χ0n) is 7.79. The average molecular weight is 190 g/mol. The van der Waals surface area contributed by atoms with Gasteiger partial charge in [-0.3, -0.25) is 0 Å². The van der Waals surface area contributed by atoms with Gasteiger partial charge in [-0.1, -0.05) is 45.0 Å². The molecule has 1 atom stereocenters. The van der Waals surface area contributed by atoms with Crippen molar-refractivity contribution in [3.05, 3.63) is 41.2 Å². The number of benzene rings is 1. The lowest BCUT2D eigenvalue weighted by Gasteiger charge is -2.13. The first-order chi connectivity index (χ1) is 6.45. The van der Waals surface area contributed by atoms with Gasteiger partial charge in [-0.15, -0.1) is 0 Å². The fraction of sp³-hybridized carbons (Fsp3) is 0.333. The predicted octanol–water partition coefficient (Wildman–Crippen LogP) is 3.89. The molecule has 0 N–H and O–H groups in total. The van der Waals surface area contributed by atoms with Crippen molar-refractivity contribution in [1.82, 2.24) is 0 Å². The molecule has 0 radical (unpaired) electrons. The third kappa shape index (κ3) is 2.67. The highest BCUT2D eigenvalue weighted by atomic mass is 31.1. The summed E-state index contributed by atoms with van der Waals surface area (Å²) < 4.78 is 0. The Labute approximate surface area is 81.8 Å². The van der Waals surface area contributed by atoms with Crippen LogP contribution >= 0.6 is 8.58 Å². The third-order valence-electron chi connectivity index (χ3n) is 2.37. The Morgan fingerprint density at radius 1 is 1.08 bits per heavy atom. The maximum atomic E-state index is 2.37. The molecule has 0 amide bonds. The van der Waals surface area contributed by atoms with Crippen LogP contribution in [0.3, 0.4) is 0 Å². The molecular weight excluding hydrogens is 175 g/mol. The summed E-state index contributed by atoms with van der Waals surface area (Å²) in [4.78, 5) is 0. The molecule has 1 heteroatoms. The van der Waals surface area contributed by atoms with Crippen LogP contribution in [-0.2, 0) is 0 Å². The summed E-state index contributed by atoms with van der Waals surface area (Å²) in [5, 5.41) is 1.66. The Balaban J connectivity index is 2.10. The molecule has 0 aromatic heterocycles. The molecule has 1 aromatic rings. The van der Waals surface area contributed by atoms with E-state index in [0.717, 1.165) is 8.58 Å². The van der Waals surface area contributed by atoms with Gasteiger partial charge in [0.2, 0.25) is 0 Å². The summed E-state index contributed by atoms with van der Waals surface area (Å²) in [5.74, 6) is 0. The molecule has 1 fully saturated rings. The maximum absolute atomic E-state index is 2.37. The van der Waals surface area contributed by atoms with Crippen LogP contribution in [0.4, 0.5) is 0 Å². The highest BCUT2D eigenvalue weighted by Crippen LogP contribution is 2.35. The molecule has 68 valence electrons. The van der Waals surface area contributed by atoms with Crippen molar-refractivity contribution in [3.63, 3.8) is 0 Å². The molecule has 0 bridgehead atoms. The minimum absolute atomic E-state index is 1.08. The molecular formula is C12H15P. The highest BCUT2D eigenvalue weighted by molar-refractivity contribution is 7.43. The summed E-state index contributed by atoms with van der Waals surface area (Å²) in [6, 6.07) is 10.7. The van der Waals surface area contributed by atoms with E-state index in [1.165, 1.54) is 31.0 Å². The van der Waals surface area contributed by atoms with Crippen LogP contribution in [-0.4, -0.2) is 6.16 Å². The highest BCUT2D eigenvalue weighted by Gasteiger charge is 2.04. The molecule has 0 aliphatic carbocycles. The van der Waals surface area contributed by atoms with Crippen molar-refractivity contribution in [3.8, 4) is 0 Å². The van der Waals surface area contributed by atoms with E-state index in [0.29, 0.717) is 0 Å². The van der Waals surface area contributed by atoms with Crippen LogP contribution in [0.2, 0.25) is 0 Å². The molecule has 1 aromatic carbocycles. The maximum Gasteiger partial charge on any atom is -0.0254 e. The van der Waals surface area contributed by atoms with E-state index in [1.807, 2.05) is 0 Å². The minimum atomic E-state index is 1.08. The first kappa shape index (κ1) is 8.97. The first-order valence-electron chi connectivity index (χ1n) is 4.95. The van der Waals surface area contributed by atoms with Gasteiger partial charge in [0.05, 0.1) is 0 Å². The Kier molecular flexibility index (Phi) is 3.16. The summed E-state index contributed by atoms with van der Waals surface area (Å²) >= 11 is 0. The molecule has 0 saturated carbocycles. The van der Waals surface area contributed by atoms with Gasteiger partial charge in [0.25, 0.3) is 0 Å². The SMILES string of the molecule is C(=C1/CCCCP1)/c1ccccc1. The molecule has 0 spiro atoms. The van der Waals surface area contributed by atoms with Gasteiger partial charge >= 0.3 is 0 Å². The zero-order valence-corrected chi connectivity index (χ0v) is 8.79. The lowest BCUT2D eigenvalue weighted by Crippen LogP contribution is -1.89. The van der Waals surface area contributed by atoms with Crippen molar-refractivity contribution in [2.45, 2.75) is 19.3 Å². The normalized spacial score (nSPS) is 22.3. The second-order valence-electron chi connectivity index (χ2n) is 3.46. The largest absolute Gasteiger partial charge is 0.0948 e. The van der Waals surface area contributed by atoms with Crippen molar-refractivity contribution >= 4 is 14.7 Å². The number of rotatable bonds is 1. The quantitative estimate of drug-likeness (QED) is 0.589. The van der Waals surface area contributed by atoms with Crippen molar-refractivity contribution in [2.75, 3.05) is 6.16 Å². The summed E-state index contributed by atoms with van der Waals surface area (Å²) in [6.07, 6.45) is 7.94. The summed E-state index contributed by atoms with van der Waals surface area (Å²) in [7, 11) is 1.08. The first-order valence-corrected chi connectivity index (χ1v) is 6.15. The lowest BCUT2D eigenvalue weighted by atomic mass is 10.1. The van der Waals surface area contributed by atoms with Crippen LogP contribution < -0.4 is 0 Å². The number of allylic oxidation sites excluding steroid dienone is 1. The van der Waals surface area contributed by atoms with E-state index >= 15 is 0 Å². The Bertz CT molecular complexity index is 279. The molecule has 0 nitrogen and oxygen atoms in total. The minimum Gasteiger partial charge on any atom is -0.0948 e. The molecule has 1 aliphatic rings. The lowest BCUT2D eigenvalue weighted by molar-refractivity contribution is 0.798. The van der Waals surface area contributed by atoms with E-state index in [9.17, 15) is 0 Å². The van der Waals surface area contributed by atoms with E-state index in [2.05, 4.69) is 36.4 Å². The van der Waals surface area contributed by atoms with Crippen LogP contribution in [0.1, 0.15) is 24.8 Å².